The largest absolute Gasteiger partial charge is 0.392 e. The minimum Gasteiger partial charge on any atom is -0.392 e. The maximum Gasteiger partial charge on any atom is 0.129 e. The molecule has 0 saturated heterocycles. The maximum absolute atomic E-state index is 13.2. The van der Waals surface area contributed by atoms with Crippen LogP contribution in [0.25, 0.3) is 0 Å². The van der Waals surface area contributed by atoms with Crippen LogP contribution in [0.2, 0.25) is 0 Å². The van der Waals surface area contributed by atoms with E-state index in [4.69, 9.17) is 0 Å². The molecule has 1 saturated carbocycles. The highest BCUT2D eigenvalue weighted by Gasteiger charge is 2.27. The predicted molar refractivity (Wildman–Crippen MR) is 53.4 cm³/mol. The molecule has 15 heavy (non-hydrogen) atoms. The van der Waals surface area contributed by atoms with E-state index in [1.54, 1.807) is 0 Å². The van der Waals surface area contributed by atoms with E-state index in [1.165, 1.54) is 18.2 Å². The van der Waals surface area contributed by atoms with Crippen molar-refractivity contribution in [1.82, 2.24) is 0 Å². The summed E-state index contributed by atoms with van der Waals surface area (Å²) in [6, 6.07) is 3.79. The molecule has 1 aromatic rings. The van der Waals surface area contributed by atoms with Crippen LogP contribution in [0.3, 0.4) is 0 Å². The van der Waals surface area contributed by atoms with Gasteiger partial charge in [0.1, 0.15) is 11.6 Å². The molecule has 0 heterocycles. The molecule has 2 rings (SSSR count). The van der Waals surface area contributed by atoms with Crippen LogP contribution in [0.5, 0.6) is 0 Å². The van der Waals surface area contributed by atoms with Crippen molar-refractivity contribution in [1.29, 1.82) is 0 Å². The van der Waals surface area contributed by atoms with E-state index in [0.29, 0.717) is 0 Å². The summed E-state index contributed by atoms with van der Waals surface area (Å²) in [7, 11) is 0. The minimum absolute atomic E-state index is 0.0110. The molecule has 1 N–H and O–H groups in total. The lowest BCUT2D eigenvalue weighted by atomic mass is 9.79. The minimum atomic E-state index is -0.606. The predicted octanol–water partition coefficient (Wildman–Crippen LogP) is 2.67. The van der Waals surface area contributed by atoms with Crippen LogP contribution in [-0.4, -0.2) is 11.2 Å². The number of hydrogen-bond donors (Lipinski definition) is 1. The number of aliphatic hydroxyl groups excluding tert-OH is 1. The summed E-state index contributed by atoms with van der Waals surface area (Å²) < 4.78 is 26.5. The van der Waals surface area contributed by atoms with Gasteiger partial charge in [0.15, 0.2) is 0 Å². The molecule has 3 heteroatoms. The Labute approximate surface area is 87.7 Å². The first-order valence-corrected chi connectivity index (χ1v) is 5.29. The molecule has 1 aliphatic rings. The van der Waals surface area contributed by atoms with Gasteiger partial charge in [0.25, 0.3) is 0 Å². The Balaban J connectivity index is 2.09. The highest BCUT2D eigenvalue weighted by molar-refractivity contribution is 5.20. The Morgan fingerprint density at radius 2 is 1.87 bits per heavy atom. The highest BCUT2D eigenvalue weighted by Crippen LogP contribution is 2.31. The first-order chi connectivity index (χ1) is 7.18. The van der Waals surface area contributed by atoms with Gasteiger partial charge in [0.2, 0.25) is 0 Å². The zero-order chi connectivity index (χ0) is 10.8. The molecule has 1 unspecified atom stereocenters. The third-order valence-electron chi connectivity index (χ3n) is 3.17. The van der Waals surface area contributed by atoms with Gasteiger partial charge in [-0.05, 0) is 30.9 Å². The first-order valence-electron chi connectivity index (χ1n) is 5.29. The average Bonchev–Trinajstić information content (AvgIpc) is 2.08. The molecule has 0 radical (unpaired) electrons. The van der Waals surface area contributed by atoms with Gasteiger partial charge in [0.05, 0.1) is 6.10 Å². The monoisotopic (exact) mass is 212 g/mol. The second kappa shape index (κ2) is 4.27. The molecule has 1 aromatic carbocycles. The fraction of sp³-hybridized carbons (Fsp3) is 0.500. The third-order valence-corrected chi connectivity index (χ3v) is 3.17. The molecule has 1 fully saturated rings. The highest BCUT2D eigenvalue weighted by atomic mass is 19.1. The lowest BCUT2D eigenvalue weighted by molar-refractivity contribution is 0.0616. The first kappa shape index (κ1) is 10.6. The SMILES string of the molecule is OC(Cc1c(F)cccc1F)C1CCC1. The topological polar surface area (TPSA) is 20.2 Å². The molecule has 1 aliphatic carbocycles. The lowest BCUT2D eigenvalue weighted by Gasteiger charge is -2.30. The van der Waals surface area contributed by atoms with E-state index >= 15 is 0 Å². The van der Waals surface area contributed by atoms with Gasteiger partial charge in [-0.3, -0.25) is 0 Å². The van der Waals surface area contributed by atoms with Crippen molar-refractivity contribution in [2.45, 2.75) is 31.8 Å². The fourth-order valence-electron chi connectivity index (χ4n) is 1.93. The van der Waals surface area contributed by atoms with Crippen LogP contribution in [-0.2, 0) is 6.42 Å². The summed E-state index contributed by atoms with van der Waals surface area (Å²) in [6.45, 7) is 0. The zero-order valence-corrected chi connectivity index (χ0v) is 8.42. The smallest absolute Gasteiger partial charge is 0.129 e. The maximum atomic E-state index is 13.2. The molecule has 1 nitrogen and oxygen atoms in total. The number of aliphatic hydroxyl groups is 1. The Bertz CT molecular complexity index is 327. The summed E-state index contributed by atoms with van der Waals surface area (Å²) in [4.78, 5) is 0. The molecule has 0 amide bonds. The van der Waals surface area contributed by atoms with E-state index in [1.807, 2.05) is 0 Å². The van der Waals surface area contributed by atoms with Gasteiger partial charge in [-0.2, -0.15) is 0 Å². The molecular formula is C12H14F2O. The van der Waals surface area contributed by atoms with Gasteiger partial charge >= 0.3 is 0 Å². The van der Waals surface area contributed by atoms with Gasteiger partial charge in [-0.1, -0.05) is 12.5 Å². The summed E-state index contributed by atoms with van der Waals surface area (Å²) in [6.07, 6.45) is 2.53. The molecule has 1 atom stereocenters. The van der Waals surface area contributed by atoms with E-state index in [0.717, 1.165) is 19.3 Å². The van der Waals surface area contributed by atoms with Gasteiger partial charge in [-0.25, -0.2) is 8.78 Å². The van der Waals surface area contributed by atoms with E-state index in [2.05, 4.69) is 0 Å². The number of rotatable bonds is 3. The molecule has 0 aromatic heterocycles. The number of halogens is 2. The van der Waals surface area contributed by atoms with Gasteiger partial charge in [-0.15, -0.1) is 0 Å². The second-order valence-corrected chi connectivity index (χ2v) is 4.16. The van der Waals surface area contributed by atoms with Crippen LogP contribution < -0.4 is 0 Å². The summed E-state index contributed by atoms with van der Waals surface area (Å²) >= 11 is 0. The summed E-state index contributed by atoms with van der Waals surface area (Å²) in [5, 5.41) is 9.74. The van der Waals surface area contributed by atoms with Crippen molar-refractivity contribution in [2.24, 2.45) is 5.92 Å². The van der Waals surface area contributed by atoms with Crippen LogP contribution in [0, 0.1) is 17.6 Å². The van der Waals surface area contributed by atoms with Crippen molar-refractivity contribution < 1.29 is 13.9 Å². The van der Waals surface area contributed by atoms with E-state index < -0.39 is 17.7 Å². The standard InChI is InChI=1S/C12H14F2O/c13-10-5-2-6-11(14)9(10)7-12(15)8-3-1-4-8/h2,5-6,8,12,15H,1,3-4,7H2. The summed E-state index contributed by atoms with van der Waals surface area (Å²) in [5.74, 6) is -0.897. The normalized spacial score (nSPS) is 18.6. The lowest BCUT2D eigenvalue weighted by Crippen LogP contribution is -2.29. The Morgan fingerprint density at radius 1 is 1.27 bits per heavy atom. The molecule has 0 aliphatic heterocycles. The van der Waals surface area contributed by atoms with Crippen LogP contribution in [0.4, 0.5) is 8.78 Å². The Hall–Kier alpha value is -0.960. The molecule has 0 bridgehead atoms. The Kier molecular flexibility index (Phi) is 3.00. The van der Waals surface area contributed by atoms with E-state index in [-0.39, 0.29) is 17.9 Å². The van der Waals surface area contributed by atoms with Crippen LogP contribution >= 0.6 is 0 Å². The third kappa shape index (κ3) is 2.17. The van der Waals surface area contributed by atoms with Crippen molar-refractivity contribution in [3.63, 3.8) is 0 Å². The van der Waals surface area contributed by atoms with Gasteiger partial charge < -0.3 is 5.11 Å². The Morgan fingerprint density at radius 3 is 2.33 bits per heavy atom. The zero-order valence-electron chi connectivity index (χ0n) is 8.42. The average molecular weight is 212 g/mol. The van der Waals surface area contributed by atoms with E-state index in [9.17, 15) is 13.9 Å². The van der Waals surface area contributed by atoms with Crippen molar-refractivity contribution in [3.8, 4) is 0 Å². The van der Waals surface area contributed by atoms with Crippen molar-refractivity contribution >= 4 is 0 Å². The van der Waals surface area contributed by atoms with Gasteiger partial charge in [0, 0.05) is 12.0 Å². The number of hydrogen-bond acceptors (Lipinski definition) is 1. The molecule has 82 valence electrons. The second-order valence-electron chi connectivity index (χ2n) is 4.16. The molecule has 0 spiro atoms. The van der Waals surface area contributed by atoms with Crippen molar-refractivity contribution in [3.05, 3.63) is 35.4 Å². The van der Waals surface area contributed by atoms with Crippen LogP contribution in [0.1, 0.15) is 24.8 Å². The quantitative estimate of drug-likeness (QED) is 0.816. The molecular weight excluding hydrogens is 198 g/mol. The van der Waals surface area contributed by atoms with Crippen molar-refractivity contribution in [2.75, 3.05) is 0 Å². The fourth-order valence-corrected chi connectivity index (χ4v) is 1.93. The number of benzene rings is 1. The summed E-state index contributed by atoms with van der Waals surface area (Å²) in [5.41, 5.74) is 0.0110. The van der Waals surface area contributed by atoms with Crippen LogP contribution in [0.15, 0.2) is 18.2 Å².